The van der Waals surface area contributed by atoms with Gasteiger partial charge in [0.2, 0.25) is 0 Å². The molecule has 0 unspecified atom stereocenters. The van der Waals surface area contributed by atoms with E-state index in [-0.39, 0.29) is 10.7 Å². The van der Waals surface area contributed by atoms with Crippen LogP contribution in [0.2, 0.25) is 5.15 Å². The quantitative estimate of drug-likeness (QED) is 0.860. The molecule has 0 saturated heterocycles. The highest BCUT2D eigenvalue weighted by atomic mass is 35.5. The molecular formula is C10H6ClN3O2. The van der Waals surface area contributed by atoms with E-state index in [0.717, 1.165) is 5.56 Å². The predicted molar refractivity (Wildman–Crippen MR) is 57.2 cm³/mol. The van der Waals surface area contributed by atoms with Gasteiger partial charge in [-0.25, -0.2) is 4.79 Å². The van der Waals surface area contributed by atoms with Gasteiger partial charge in [0.1, 0.15) is 5.56 Å². The number of carboxylic acid groups (broad SMARTS) is 1. The van der Waals surface area contributed by atoms with E-state index >= 15 is 0 Å². The van der Waals surface area contributed by atoms with Gasteiger partial charge in [-0.1, -0.05) is 11.6 Å². The average Bonchev–Trinajstić information content (AvgIpc) is 2.30. The maximum absolute atomic E-state index is 10.8. The summed E-state index contributed by atoms with van der Waals surface area (Å²) in [5.74, 6) is -1.13. The van der Waals surface area contributed by atoms with Crippen molar-refractivity contribution in [1.82, 2.24) is 15.2 Å². The summed E-state index contributed by atoms with van der Waals surface area (Å²) in [6, 6.07) is 4.81. The SMILES string of the molecule is O=C(O)c1cc(-c2ccncc2)nnc1Cl. The van der Waals surface area contributed by atoms with Crippen molar-refractivity contribution >= 4 is 17.6 Å². The van der Waals surface area contributed by atoms with Crippen LogP contribution in [0.3, 0.4) is 0 Å². The van der Waals surface area contributed by atoms with Crippen molar-refractivity contribution in [2.45, 2.75) is 0 Å². The third-order valence-electron chi connectivity index (χ3n) is 1.96. The van der Waals surface area contributed by atoms with Crippen LogP contribution < -0.4 is 0 Å². The zero-order valence-corrected chi connectivity index (χ0v) is 8.72. The Morgan fingerprint density at radius 2 is 1.94 bits per heavy atom. The number of carbonyl (C=O) groups is 1. The molecule has 2 rings (SSSR count). The monoisotopic (exact) mass is 235 g/mol. The first-order valence-corrected chi connectivity index (χ1v) is 4.73. The predicted octanol–water partition coefficient (Wildman–Crippen LogP) is 1.89. The average molecular weight is 236 g/mol. The molecule has 1 N–H and O–H groups in total. The number of pyridine rings is 1. The summed E-state index contributed by atoms with van der Waals surface area (Å²) < 4.78 is 0. The van der Waals surface area contributed by atoms with E-state index in [9.17, 15) is 4.79 Å². The fourth-order valence-electron chi connectivity index (χ4n) is 1.19. The topological polar surface area (TPSA) is 76.0 Å². The zero-order valence-electron chi connectivity index (χ0n) is 7.96. The normalized spacial score (nSPS) is 10.1. The molecule has 2 aromatic rings. The summed E-state index contributed by atoms with van der Waals surface area (Å²) in [4.78, 5) is 14.7. The van der Waals surface area contributed by atoms with E-state index in [4.69, 9.17) is 16.7 Å². The maximum Gasteiger partial charge on any atom is 0.338 e. The van der Waals surface area contributed by atoms with Gasteiger partial charge in [0.15, 0.2) is 5.15 Å². The molecule has 5 nitrogen and oxygen atoms in total. The summed E-state index contributed by atoms with van der Waals surface area (Å²) >= 11 is 5.61. The number of rotatable bonds is 2. The third kappa shape index (κ3) is 1.99. The Hall–Kier alpha value is -2.01. The number of carboxylic acids is 1. The summed E-state index contributed by atoms with van der Waals surface area (Å²) in [7, 11) is 0. The van der Waals surface area contributed by atoms with Crippen LogP contribution in [0.4, 0.5) is 0 Å². The number of aromatic carboxylic acids is 1. The van der Waals surface area contributed by atoms with Crippen LogP contribution in [0.15, 0.2) is 30.6 Å². The molecular weight excluding hydrogens is 230 g/mol. The molecule has 0 spiro atoms. The number of nitrogens with zero attached hydrogens (tertiary/aromatic N) is 3. The van der Waals surface area contributed by atoms with E-state index in [2.05, 4.69) is 15.2 Å². The molecule has 16 heavy (non-hydrogen) atoms. The van der Waals surface area contributed by atoms with Crippen LogP contribution in [0.1, 0.15) is 10.4 Å². The highest BCUT2D eigenvalue weighted by molar-refractivity contribution is 6.32. The Morgan fingerprint density at radius 1 is 1.25 bits per heavy atom. The Balaban J connectivity index is 2.52. The van der Waals surface area contributed by atoms with Gasteiger partial charge in [-0.3, -0.25) is 4.98 Å². The van der Waals surface area contributed by atoms with Gasteiger partial charge in [-0.15, -0.1) is 10.2 Å². The molecule has 0 aromatic carbocycles. The van der Waals surface area contributed by atoms with E-state index in [1.165, 1.54) is 6.07 Å². The van der Waals surface area contributed by atoms with E-state index in [0.29, 0.717) is 5.69 Å². The highest BCUT2D eigenvalue weighted by Crippen LogP contribution is 2.19. The second kappa shape index (κ2) is 4.24. The summed E-state index contributed by atoms with van der Waals surface area (Å²) in [5.41, 5.74) is 1.12. The fraction of sp³-hybridized carbons (Fsp3) is 0. The second-order valence-electron chi connectivity index (χ2n) is 2.98. The largest absolute Gasteiger partial charge is 0.478 e. The first-order chi connectivity index (χ1) is 7.68. The number of hydrogen-bond acceptors (Lipinski definition) is 4. The highest BCUT2D eigenvalue weighted by Gasteiger charge is 2.12. The van der Waals surface area contributed by atoms with Gasteiger partial charge in [-0.05, 0) is 18.2 Å². The van der Waals surface area contributed by atoms with E-state index in [1.54, 1.807) is 24.5 Å². The van der Waals surface area contributed by atoms with Crippen molar-refractivity contribution in [3.63, 3.8) is 0 Å². The van der Waals surface area contributed by atoms with Crippen LogP contribution in [0, 0.1) is 0 Å². The van der Waals surface area contributed by atoms with Crippen molar-refractivity contribution in [3.05, 3.63) is 41.3 Å². The zero-order chi connectivity index (χ0) is 11.5. The minimum Gasteiger partial charge on any atom is -0.478 e. The molecule has 80 valence electrons. The van der Waals surface area contributed by atoms with E-state index < -0.39 is 5.97 Å². The van der Waals surface area contributed by atoms with Crippen molar-refractivity contribution < 1.29 is 9.90 Å². The molecule has 0 aliphatic carbocycles. The van der Waals surface area contributed by atoms with Crippen molar-refractivity contribution in [2.24, 2.45) is 0 Å². The molecule has 2 aromatic heterocycles. The smallest absolute Gasteiger partial charge is 0.338 e. The molecule has 6 heteroatoms. The van der Waals surface area contributed by atoms with Gasteiger partial charge in [-0.2, -0.15) is 0 Å². The lowest BCUT2D eigenvalue weighted by atomic mass is 10.1. The molecule has 0 amide bonds. The van der Waals surface area contributed by atoms with Gasteiger partial charge in [0.25, 0.3) is 0 Å². The van der Waals surface area contributed by atoms with E-state index in [1.807, 2.05) is 0 Å². The minimum atomic E-state index is -1.13. The van der Waals surface area contributed by atoms with Crippen molar-refractivity contribution in [3.8, 4) is 11.3 Å². The molecule has 0 saturated carbocycles. The third-order valence-corrected chi connectivity index (χ3v) is 2.23. The number of hydrogen-bond donors (Lipinski definition) is 1. The summed E-state index contributed by atoms with van der Waals surface area (Å²) in [6.07, 6.45) is 3.18. The van der Waals surface area contributed by atoms with Crippen LogP contribution in [-0.4, -0.2) is 26.3 Å². The molecule has 0 fully saturated rings. The second-order valence-corrected chi connectivity index (χ2v) is 3.33. The Bertz CT molecular complexity index is 531. The fourth-order valence-corrected chi connectivity index (χ4v) is 1.36. The maximum atomic E-state index is 10.8. The number of aromatic nitrogens is 3. The number of halogens is 1. The Labute approximate surface area is 95.7 Å². The minimum absolute atomic E-state index is 0.0662. The first kappa shape index (κ1) is 10.5. The van der Waals surface area contributed by atoms with Crippen molar-refractivity contribution in [1.29, 1.82) is 0 Å². The van der Waals surface area contributed by atoms with Gasteiger partial charge in [0, 0.05) is 18.0 Å². The lowest BCUT2D eigenvalue weighted by Crippen LogP contribution is -2.01. The molecule has 0 aliphatic heterocycles. The standard InChI is InChI=1S/C10H6ClN3O2/c11-9-7(10(15)16)5-8(13-14-9)6-1-3-12-4-2-6/h1-5H,(H,15,16). The van der Waals surface area contributed by atoms with Crippen LogP contribution in [-0.2, 0) is 0 Å². The Morgan fingerprint density at radius 3 is 2.56 bits per heavy atom. The summed E-state index contributed by atoms with van der Waals surface area (Å²) in [6.45, 7) is 0. The Kier molecular flexibility index (Phi) is 2.78. The molecule has 2 heterocycles. The van der Waals surface area contributed by atoms with Gasteiger partial charge < -0.3 is 5.11 Å². The lowest BCUT2D eigenvalue weighted by Gasteiger charge is -2.01. The van der Waals surface area contributed by atoms with Crippen molar-refractivity contribution in [2.75, 3.05) is 0 Å². The first-order valence-electron chi connectivity index (χ1n) is 4.35. The molecule has 0 radical (unpaired) electrons. The molecule has 0 atom stereocenters. The van der Waals surface area contributed by atoms with Crippen LogP contribution >= 0.6 is 11.6 Å². The molecule has 0 bridgehead atoms. The van der Waals surface area contributed by atoms with Crippen LogP contribution in [0.25, 0.3) is 11.3 Å². The lowest BCUT2D eigenvalue weighted by molar-refractivity contribution is 0.0696. The van der Waals surface area contributed by atoms with Crippen LogP contribution in [0.5, 0.6) is 0 Å². The summed E-state index contributed by atoms with van der Waals surface area (Å²) in [5, 5.41) is 16.2. The molecule has 0 aliphatic rings. The van der Waals surface area contributed by atoms with Gasteiger partial charge in [0.05, 0.1) is 5.69 Å². The van der Waals surface area contributed by atoms with Gasteiger partial charge >= 0.3 is 5.97 Å².